The number of rotatable bonds is 2. The fraction of sp³-hybridized carbons (Fsp3) is 0.500. The van der Waals surface area contributed by atoms with Gasteiger partial charge in [0.25, 0.3) is 0 Å². The SMILES string of the molecule is [2H]C1([2H])NCC2(c3ccccc3OC)C([2H])([2H])C12[2H]. The van der Waals surface area contributed by atoms with Crippen LogP contribution in [-0.2, 0) is 5.41 Å². The van der Waals surface area contributed by atoms with Gasteiger partial charge in [0.15, 0.2) is 0 Å². The molecule has 3 rings (SSSR count). The molecule has 1 aromatic carbocycles. The minimum Gasteiger partial charge on any atom is -0.496 e. The molecule has 1 saturated heterocycles. The number of ether oxygens (including phenoxy) is 1. The lowest BCUT2D eigenvalue weighted by Gasteiger charge is -2.15. The maximum atomic E-state index is 8.35. The van der Waals surface area contributed by atoms with Crippen LogP contribution < -0.4 is 10.1 Å². The van der Waals surface area contributed by atoms with Crippen LogP contribution >= 0.6 is 0 Å². The molecular weight excluding hydrogens is 174 g/mol. The second-order valence-electron chi connectivity index (χ2n) is 3.58. The van der Waals surface area contributed by atoms with E-state index >= 15 is 0 Å². The van der Waals surface area contributed by atoms with Gasteiger partial charge in [0.2, 0.25) is 0 Å². The van der Waals surface area contributed by atoms with E-state index in [0.717, 1.165) is 0 Å². The molecule has 2 aliphatic rings. The van der Waals surface area contributed by atoms with E-state index in [1.165, 1.54) is 7.11 Å². The van der Waals surface area contributed by atoms with E-state index in [-0.39, 0.29) is 6.54 Å². The number of hydrogen-bond donors (Lipinski definition) is 1. The van der Waals surface area contributed by atoms with Crippen molar-refractivity contribution in [2.75, 3.05) is 20.2 Å². The van der Waals surface area contributed by atoms with Crippen LogP contribution in [0.25, 0.3) is 0 Å². The summed E-state index contributed by atoms with van der Waals surface area (Å²) in [6, 6.07) is 6.97. The van der Waals surface area contributed by atoms with Gasteiger partial charge in [-0.2, -0.15) is 0 Å². The Kier molecular flexibility index (Phi) is 0.912. The molecule has 2 unspecified atom stereocenters. The number of para-hydroxylation sites is 1. The molecule has 0 amide bonds. The van der Waals surface area contributed by atoms with Crippen molar-refractivity contribution in [3.8, 4) is 5.75 Å². The third-order valence-corrected chi connectivity index (χ3v) is 2.84. The van der Waals surface area contributed by atoms with Crippen molar-refractivity contribution in [3.63, 3.8) is 0 Å². The van der Waals surface area contributed by atoms with Gasteiger partial charge in [0.05, 0.1) is 7.11 Å². The molecule has 2 fully saturated rings. The van der Waals surface area contributed by atoms with Crippen LogP contribution in [0.15, 0.2) is 24.3 Å². The van der Waals surface area contributed by atoms with Crippen LogP contribution in [0.4, 0.5) is 0 Å². The summed E-state index contributed by atoms with van der Waals surface area (Å²) in [7, 11) is 1.50. The van der Waals surface area contributed by atoms with Gasteiger partial charge in [-0.25, -0.2) is 0 Å². The molecule has 2 nitrogen and oxygen atoms in total. The summed E-state index contributed by atoms with van der Waals surface area (Å²) in [6.45, 7) is -1.96. The van der Waals surface area contributed by atoms with Crippen molar-refractivity contribution in [2.45, 2.75) is 11.8 Å². The van der Waals surface area contributed by atoms with Crippen LogP contribution in [0.1, 0.15) is 18.8 Å². The molecule has 1 aromatic rings. The molecule has 0 radical (unpaired) electrons. The first kappa shape index (κ1) is 4.67. The van der Waals surface area contributed by atoms with Crippen LogP contribution in [0.2, 0.25) is 0 Å². The van der Waals surface area contributed by atoms with Crippen LogP contribution in [0, 0.1) is 5.89 Å². The van der Waals surface area contributed by atoms with Gasteiger partial charge in [-0.1, -0.05) is 18.2 Å². The summed E-state index contributed by atoms with van der Waals surface area (Å²) in [5, 5.41) is 2.63. The molecule has 0 bridgehead atoms. The maximum absolute atomic E-state index is 8.35. The number of fused-ring (bicyclic) bond motifs is 1. The molecule has 0 spiro atoms. The zero-order valence-corrected chi connectivity index (χ0v) is 7.92. The molecule has 14 heavy (non-hydrogen) atoms. The van der Waals surface area contributed by atoms with Gasteiger partial charge in [-0.3, -0.25) is 0 Å². The number of benzene rings is 1. The Balaban J connectivity index is 2.21. The topological polar surface area (TPSA) is 21.3 Å². The van der Waals surface area contributed by atoms with E-state index in [0.29, 0.717) is 11.3 Å². The fourth-order valence-electron chi connectivity index (χ4n) is 2.01. The minimum absolute atomic E-state index is 0.0941. The predicted octanol–water partition coefficient (Wildman–Crippen LogP) is 1.56. The molecule has 1 N–H and O–H groups in total. The van der Waals surface area contributed by atoms with E-state index in [1.54, 1.807) is 24.3 Å². The maximum Gasteiger partial charge on any atom is 0.122 e. The summed E-state index contributed by atoms with van der Waals surface area (Å²) in [5.41, 5.74) is -0.637. The first-order valence-electron chi connectivity index (χ1n) is 7.15. The summed E-state index contributed by atoms with van der Waals surface area (Å²) >= 11 is 0. The standard InChI is InChI=1S/C12H15NO/c1-14-11-5-3-2-4-10(11)12-6-9(12)7-13-8-12/h2-5,9,13H,6-8H2,1H3/i6D2,7D2,9D. The van der Waals surface area contributed by atoms with Crippen molar-refractivity contribution < 1.29 is 11.6 Å². The molecule has 1 heterocycles. The van der Waals surface area contributed by atoms with Crippen LogP contribution in [0.3, 0.4) is 0 Å². The lowest BCUT2D eigenvalue weighted by Crippen LogP contribution is -2.19. The second kappa shape index (κ2) is 2.74. The molecule has 2 heteroatoms. The first-order chi connectivity index (χ1) is 8.76. The molecule has 74 valence electrons. The number of piperidine rings is 1. The molecule has 1 aliphatic carbocycles. The highest BCUT2D eigenvalue weighted by atomic mass is 16.5. The highest BCUT2D eigenvalue weighted by molar-refractivity contribution is 5.46. The van der Waals surface area contributed by atoms with Crippen LogP contribution in [0.5, 0.6) is 5.75 Å². The Morgan fingerprint density at radius 2 is 2.50 bits per heavy atom. The van der Waals surface area contributed by atoms with Crippen molar-refractivity contribution >= 4 is 0 Å². The van der Waals surface area contributed by atoms with Gasteiger partial charge in [0, 0.05) is 24.4 Å². The van der Waals surface area contributed by atoms with E-state index in [1.807, 2.05) is 0 Å². The molecule has 1 saturated carbocycles. The van der Waals surface area contributed by atoms with Gasteiger partial charge in [0.1, 0.15) is 5.75 Å². The van der Waals surface area contributed by atoms with E-state index in [9.17, 15) is 0 Å². The lowest BCUT2D eigenvalue weighted by molar-refractivity contribution is 0.404. The summed E-state index contributed by atoms with van der Waals surface area (Å²) in [6.07, 6.45) is -1.93. The predicted molar refractivity (Wildman–Crippen MR) is 55.6 cm³/mol. The molecular formula is C12H15NO. The lowest BCUT2D eigenvalue weighted by atomic mass is 9.94. The minimum atomic E-state index is -2.06. The summed E-state index contributed by atoms with van der Waals surface area (Å²) in [4.78, 5) is 0. The van der Waals surface area contributed by atoms with Gasteiger partial charge in [-0.15, -0.1) is 0 Å². The monoisotopic (exact) mass is 194 g/mol. The highest BCUT2D eigenvalue weighted by Gasteiger charge is 2.59. The average Bonchev–Trinajstić information content (AvgIpc) is 2.64. The fourth-order valence-corrected chi connectivity index (χ4v) is 2.01. The second-order valence-corrected chi connectivity index (χ2v) is 3.58. The molecule has 1 aliphatic heterocycles. The van der Waals surface area contributed by atoms with Gasteiger partial charge in [-0.05, 0) is 24.8 Å². The molecule has 0 aromatic heterocycles. The van der Waals surface area contributed by atoms with Gasteiger partial charge < -0.3 is 10.1 Å². The largest absolute Gasteiger partial charge is 0.496 e. The zero-order chi connectivity index (χ0) is 14.1. The van der Waals surface area contributed by atoms with Crippen molar-refractivity contribution in [1.29, 1.82) is 0 Å². The smallest absolute Gasteiger partial charge is 0.122 e. The summed E-state index contributed by atoms with van der Waals surface area (Å²) in [5.74, 6) is -1.33. The molecule has 2 atom stereocenters. The van der Waals surface area contributed by atoms with E-state index < -0.39 is 24.2 Å². The van der Waals surface area contributed by atoms with E-state index in [4.69, 9.17) is 11.6 Å². The number of hydrogen-bond acceptors (Lipinski definition) is 2. The Labute approximate surface area is 91.3 Å². The number of nitrogens with one attached hydrogen (secondary N) is 1. The Morgan fingerprint density at radius 1 is 1.64 bits per heavy atom. The van der Waals surface area contributed by atoms with E-state index in [2.05, 4.69) is 5.32 Å². The summed E-state index contributed by atoms with van der Waals surface area (Å²) < 4.78 is 45.6. The highest BCUT2D eigenvalue weighted by Crippen LogP contribution is 2.58. The van der Waals surface area contributed by atoms with Crippen molar-refractivity contribution in [2.24, 2.45) is 5.89 Å². The van der Waals surface area contributed by atoms with Crippen molar-refractivity contribution in [3.05, 3.63) is 29.8 Å². The Hall–Kier alpha value is -1.02. The van der Waals surface area contributed by atoms with Crippen LogP contribution in [-0.4, -0.2) is 20.2 Å². The average molecular weight is 194 g/mol. The Morgan fingerprint density at radius 3 is 3.21 bits per heavy atom. The normalized spacial score (nSPS) is 51.6. The Bertz CT molecular complexity index is 549. The third-order valence-electron chi connectivity index (χ3n) is 2.84. The number of methoxy groups -OCH3 is 1. The van der Waals surface area contributed by atoms with Gasteiger partial charge >= 0.3 is 0 Å². The van der Waals surface area contributed by atoms with Crippen molar-refractivity contribution in [1.82, 2.24) is 5.32 Å². The zero-order valence-electron chi connectivity index (χ0n) is 12.9. The first-order valence-corrected chi connectivity index (χ1v) is 4.65. The third kappa shape index (κ3) is 0.947. The quantitative estimate of drug-likeness (QED) is 0.771.